The summed E-state index contributed by atoms with van der Waals surface area (Å²) in [4.78, 5) is 11.5. The van der Waals surface area contributed by atoms with Crippen LogP contribution in [0.25, 0.3) is 11.4 Å². The van der Waals surface area contributed by atoms with Crippen molar-refractivity contribution < 1.29 is 4.79 Å². The molecule has 0 unspecified atom stereocenters. The van der Waals surface area contributed by atoms with Gasteiger partial charge in [0.25, 0.3) is 0 Å². The van der Waals surface area contributed by atoms with E-state index in [9.17, 15) is 4.79 Å². The van der Waals surface area contributed by atoms with Gasteiger partial charge in [0, 0.05) is 19.2 Å². The maximum Gasteiger partial charge on any atom is 0.230 e. The van der Waals surface area contributed by atoms with Crippen LogP contribution in [0, 0.1) is 6.92 Å². The van der Waals surface area contributed by atoms with E-state index in [0.717, 1.165) is 16.5 Å². The number of aryl methyl sites for hydroxylation is 1. The van der Waals surface area contributed by atoms with Crippen LogP contribution in [-0.2, 0) is 11.8 Å². The predicted molar refractivity (Wildman–Crippen MR) is 80.6 cm³/mol. The van der Waals surface area contributed by atoms with Crippen molar-refractivity contribution in [1.29, 1.82) is 0 Å². The summed E-state index contributed by atoms with van der Waals surface area (Å²) in [7, 11) is 1.91. The quantitative estimate of drug-likeness (QED) is 0.856. The number of rotatable bonds is 5. The van der Waals surface area contributed by atoms with Crippen molar-refractivity contribution in [3.63, 3.8) is 0 Å². The molecule has 1 aromatic carbocycles. The zero-order valence-corrected chi connectivity index (χ0v) is 12.7. The number of thioether (sulfide) groups is 1. The summed E-state index contributed by atoms with van der Waals surface area (Å²) in [5.74, 6) is 1.18. The van der Waals surface area contributed by atoms with E-state index >= 15 is 0 Å². The summed E-state index contributed by atoms with van der Waals surface area (Å²) < 4.78 is 1.91. The zero-order chi connectivity index (χ0) is 14.5. The van der Waals surface area contributed by atoms with E-state index < -0.39 is 0 Å². The lowest BCUT2D eigenvalue weighted by atomic mass is 10.1. The normalized spacial score (nSPS) is 10.6. The molecule has 0 bridgehead atoms. The highest BCUT2D eigenvalue weighted by Crippen LogP contribution is 2.22. The SMILES string of the molecule is CCNC(=O)CSc1nnc(-c2ccc(C)cc2)n1C. The van der Waals surface area contributed by atoms with Crippen LogP contribution in [0.3, 0.4) is 0 Å². The average Bonchev–Trinajstić information content (AvgIpc) is 2.79. The van der Waals surface area contributed by atoms with E-state index in [1.165, 1.54) is 17.3 Å². The summed E-state index contributed by atoms with van der Waals surface area (Å²) in [5.41, 5.74) is 2.23. The first kappa shape index (κ1) is 14.6. The fourth-order valence-corrected chi connectivity index (χ4v) is 2.51. The van der Waals surface area contributed by atoms with Gasteiger partial charge >= 0.3 is 0 Å². The van der Waals surface area contributed by atoms with Crippen LogP contribution in [0.1, 0.15) is 12.5 Å². The average molecular weight is 290 g/mol. The Kier molecular flexibility index (Phi) is 4.79. The molecule has 0 spiro atoms. The molecular weight excluding hydrogens is 272 g/mol. The summed E-state index contributed by atoms with van der Waals surface area (Å²) in [6.45, 7) is 4.60. The maximum absolute atomic E-state index is 11.5. The van der Waals surface area contributed by atoms with E-state index in [-0.39, 0.29) is 5.91 Å². The monoisotopic (exact) mass is 290 g/mol. The molecule has 0 saturated heterocycles. The first-order valence-electron chi connectivity index (χ1n) is 6.47. The summed E-state index contributed by atoms with van der Waals surface area (Å²) in [5, 5.41) is 11.8. The fraction of sp³-hybridized carbons (Fsp3) is 0.357. The lowest BCUT2D eigenvalue weighted by Crippen LogP contribution is -2.24. The third kappa shape index (κ3) is 3.39. The molecule has 0 radical (unpaired) electrons. The first-order valence-corrected chi connectivity index (χ1v) is 7.46. The van der Waals surface area contributed by atoms with Crippen molar-refractivity contribution in [2.24, 2.45) is 7.05 Å². The molecule has 2 rings (SSSR count). The highest BCUT2D eigenvalue weighted by atomic mass is 32.2. The van der Waals surface area contributed by atoms with Gasteiger partial charge in [-0.1, -0.05) is 41.6 Å². The van der Waals surface area contributed by atoms with Gasteiger partial charge in [0.2, 0.25) is 5.91 Å². The van der Waals surface area contributed by atoms with Gasteiger partial charge in [0.1, 0.15) is 0 Å². The molecule has 106 valence electrons. The van der Waals surface area contributed by atoms with Crippen LogP contribution in [-0.4, -0.2) is 33.0 Å². The zero-order valence-electron chi connectivity index (χ0n) is 11.9. The van der Waals surface area contributed by atoms with Crippen LogP contribution < -0.4 is 5.32 Å². The lowest BCUT2D eigenvalue weighted by Gasteiger charge is -2.04. The Bertz CT molecular complexity index is 592. The number of nitrogens with one attached hydrogen (secondary N) is 1. The number of benzene rings is 1. The minimum Gasteiger partial charge on any atom is -0.356 e. The van der Waals surface area contributed by atoms with E-state index in [2.05, 4.69) is 15.5 Å². The molecule has 1 aromatic heterocycles. The molecule has 0 aliphatic carbocycles. The summed E-state index contributed by atoms with van der Waals surface area (Å²) >= 11 is 1.39. The fourth-order valence-electron chi connectivity index (χ4n) is 1.77. The number of amides is 1. The number of hydrogen-bond donors (Lipinski definition) is 1. The van der Waals surface area contributed by atoms with Crippen molar-refractivity contribution in [1.82, 2.24) is 20.1 Å². The minimum absolute atomic E-state index is 0.0115. The van der Waals surface area contributed by atoms with Crippen molar-refractivity contribution in [3.8, 4) is 11.4 Å². The standard InChI is InChI=1S/C14H18N4OS/c1-4-15-12(19)9-20-14-17-16-13(18(14)3)11-7-5-10(2)6-8-11/h5-8H,4,9H2,1-3H3,(H,15,19). The molecule has 6 heteroatoms. The molecule has 1 amide bonds. The first-order chi connectivity index (χ1) is 9.61. The second kappa shape index (κ2) is 6.56. The van der Waals surface area contributed by atoms with E-state index in [1.807, 2.05) is 49.7 Å². The Hall–Kier alpha value is -1.82. The molecule has 1 N–H and O–H groups in total. The number of aromatic nitrogens is 3. The molecule has 5 nitrogen and oxygen atoms in total. The molecule has 2 aromatic rings. The smallest absolute Gasteiger partial charge is 0.230 e. The van der Waals surface area contributed by atoms with Gasteiger partial charge in [-0.2, -0.15) is 0 Å². The number of nitrogens with zero attached hydrogens (tertiary/aromatic N) is 3. The second-order valence-corrected chi connectivity index (χ2v) is 5.42. The maximum atomic E-state index is 11.5. The van der Waals surface area contributed by atoms with Gasteiger partial charge in [-0.25, -0.2) is 0 Å². The van der Waals surface area contributed by atoms with Gasteiger partial charge in [-0.05, 0) is 13.8 Å². The van der Waals surface area contributed by atoms with E-state index in [0.29, 0.717) is 12.3 Å². The van der Waals surface area contributed by atoms with E-state index in [4.69, 9.17) is 0 Å². The molecule has 0 aliphatic rings. The van der Waals surface area contributed by atoms with Crippen molar-refractivity contribution in [3.05, 3.63) is 29.8 Å². The van der Waals surface area contributed by atoms with Crippen molar-refractivity contribution in [2.75, 3.05) is 12.3 Å². The second-order valence-electron chi connectivity index (χ2n) is 4.47. The van der Waals surface area contributed by atoms with E-state index in [1.54, 1.807) is 0 Å². The molecule has 20 heavy (non-hydrogen) atoms. The Labute approximate surface area is 122 Å². The van der Waals surface area contributed by atoms with Crippen LogP contribution in [0.2, 0.25) is 0 Å². The Balaban J connectivity index is 2.11. The predicted octanol–water partition coefficient (Wildman–Crippen LogP) is 2.02. The Morgan fingerprint density at radius 2 is 2.00 bits per heavy atom. The number of carbonyl (C=O) groups is 1. The number of hydrogen-bond acceptors (Lipinski definition) is 4. The highest BCUT2D eigenvalue weighted by molar-refractivity contribution is 7.99. The van der Waals surface area contributed by atoms with Crippen LogP contribution >= 0.6 is 11.8 Å². The molecule has 0 saturated carbocycles. The number of carbonyl (C=O) groups excluding carboxylic acids is 1. The Morgan fingerprint density at radius 3 is 2.65 bits per heavy atom. The minimum atomic E-state index is 0.0115. The Morgan fingerprint density at radius 1 is 1.30 bits per heavy atom. The topological polar surface area (TPSA) is 59.8 Å². The van der Waals surface area contributed by atoms with Gasteiger partial charge in [0.15, 0.2) is 11.0 Å². The molecular formula is C14H18N4OS. The van der Waals surface area contributed by atoms with Crippen LogP contribution in [0.4, 0.5) is 0 Å². The molecule has 0 atom stereocenters. The van der Waals surface area contributed by atoms with Gasteiger partial charge < -0.3 is 9.88 Å². The van der Waals surface area contributed by atoms with Crippen molar-refractivity contribution >= 4 is 17.7 Å². The van der Waals surface area contributed by atoms with Gasteiger partial charge in [-0.3, -0.25) is 4.79 Å². The van der Waals surface area contributed by atoms with Gasteiger partial charge in [0.05, 0.1) is 5.75 Å². The third-order valence-electron chi connectivity index (χ3n) is 2.85. The summed E-state index contributed by atoms with van der Waals surface area (Å²) in [6.07, 6.45) is 0. The molecule has 0 fully saturated rings. The van der Waals surface area contributed by atoms with Crippen LogP contribution in [0.5, 0.6) is 0 Å². The third-order valence-corrected chi connectivity index (χ3v) is 3.87. The van der Waals surface area contributed by atoms with Crippen molar-refractivity contribution in [2.45, 2.75) is 19.0 Å². The van der Waals surface area contributed by atoms with Crippen LogP contribution in [0.15, 0.2) is 29.4 Å². The largest absolute Gasteiger partial charge is 0.356 e. The van der Waals surface area contributed by atoms with Gasteiger partial charge in [-0.15, -0.1) is 10.2 Å². The molecule has 1 heterocycles. The lowest BCUT2D eigenvalue weighted by molar-refractivity contribution is -0.118. The summed E-state index contributed by atoms with van der Waals surface area (Å²) in [6, 6.07) is 8.15. The highest BCUT2D eigenvalue weighted by Gasteiger charge is 2.12. The molecule has 0 aliphatic heterocycles.